The number of hydrogen-bond donors (Lipinski definition) is 1. The van der Waals surface area contributed by atoms with Gasteiger partial charge in [0.25, 0.3) is 0 Å². The molecule has 0 atom stereocenters. The number of hydrogen-bond acceptors (Lipinski definition) is 4. The summed E-state index contributed by atoms with van der Waals surface area (Å²) in [7, 11) is 3.32. The summed E-state index contributed by atoms with van der Waals surface area (Å²) >= 11 is 0. The average Bonchev–Trinajstić information content (AvgIpc) is 2.79. The highest BCUT2D eigenvalue weighted by molar-refractivity contribution is 14.0. The van der Waals surface area contributed by atoms with Gasteiger partial charge in [-0.1, -0.05) is 24.3 Å². The molecule has 1 fully saturated rings. The molecule has 0 aromatic heterocycles. The predicted molar refractivity (Wildman–Crippen MR) is 135 cm³/mol. The van der Waals surface area contributed by atoms with Crippen LogP contribution in [-0.4, -0.2) is 64.3 Å². The molecule has 164 valence electrons. The van der Waals surface area contributed by atoms with Crippen molar-refractivity contribution in [2.45, 2.75) is 13.3 Å². The van der Waals surface area contributed by atoms with Crippen molar-refractivity contribution < 1.29 is 9.47 Å². The molecule has 1 saturated heterocycles. The van der Waals surface area contributed by atoms with E-state index in [-0.39, 0.29) is 24.0 Å². The van der Waals surface area contributed by atoms with Crippen molar-refractivity contribution in [3.8, 4) is 11.5 Å². The van der Waals surface area contributed by atoms with Crippen molar-refractivity contribution in [2.24, 2.45) is 4.99 Å². The number of methoxy groups -OCH3 is 2. The number of piperazine rings is 1. The number of nitrogens with zero attached hydrogens (tertiary/aromatic N) is 3. The van der Waals surface area contributed by atoms with Gasteiger partial charge in [0.05, 0.1) is 14.2 Å². The third kappa shape index (κ3) is 6.42. The Balaban J connectivity index is 0.00000320. The Labute approximate surface area is 197 Å². The fourth-order valence-electron chi connectivity index (χ4n) is 3.57. The minimum atomic E-state index is 0. The van der Waals surface area contributed by atoms with Crippen LogP contribution < -0.4 is 19.7 Å². The van der Waals surface area contributed by atoms with E-state index in [0.29, 0.717) is 0 Å². The first-order chi connectivity index (χ1) is 14.2. The number of guanidine groups is 1. The summed E-state index contributed by atoms with van der Waals surface area (Å²) < 4.78 is 10.7. The van der Waals surface area contributed by atoms with Crippen molar-refractivity contribution in [2.75, 3.05) is 58.4 Å². The highest BCUT2D eigenvalue weighted by Gasteiger charge is 2.19. The maximum Gasteiger partial charge on any atom is 0.194 e. The predicted octanol–water partition coefficient (Wildman–Crippen LogP) is 3.65. The molecule has 7 heteroatoms. The Kier molecular flexibility index (Phi) is 10.1. The van der Waals surface area contributed by atoms with E-state index >= 15 is 0 Å². The van der Waals surface area contributed by atoms with Gasteiger partial charge in [0.1, 0.15) is 0 Å². The van der Waals surface area contributed by atoms with Crippen LogP contribution in [0.4, 0.5) is 5.69 Å². The SMILES string of the molecule is CCNC(=NCCc1ccc(OC)c(OC)c1)N1CCN(c2ccccc2)CC1.I. The van der Waals surface area contributed by atoms with Crippen LogP contribution in [-0.2, 0) is 6.42 Å². The number of aliphatic imine (C=N–C) groups is 1. The van der Waals surface area contributed by atoms with E-state index in [1.807, 2.05) is 12.1 Å². The molecule has 0 saturated carbocycles. The minimum absolute atomic E-state index is 0. The lowest BCUT2D eigenvalue weighted by Gasteiger charge is -2.37. The monoisotopic (exact) mass is 524 g/mol. The zero-order valence-electron chi connectivity index (χ0n) is 18.1. The topological polar surface area (TPSA) is 49.3 Å². The Bertz CT molecular complexity index is 793. The molecule has 0 amide bonds. The molecule has 3 rings (SSSR count). The van der Waals surface area contributed by atoms with Crippen LogP contribution >= 0.6 is 24.0 Å². The average molecular weight is 524 g/mol. The lowest BCUT2D eigenvalue weighted by atomic mass is 10.1. The number of para-hydroxylation sites is 1. The van der Waals surface area contributed by atoms with Crippen molar-refractivity contribution in [1.82, 2.24) is 10.2 Å². The molecule has 0 unspecified atom stereocenters. The first-order valence-corrected chi connectivity index (χ1v) is 10.3. The lowest BCUT2D eigenvalue weighted by Crippen LogP contribution is -2.52. The summed E-state index contributed by atoms with van der Waals surface area (Å²) in [6.45, 7) is 7.66. The lowest BCUT2D eigenvalue weighted by molar-refractivity contribution is 0.354. The van der Waals surface area contributed by atoms with Crippen molar-refractivity contribution >= 4 is 35.6 Å². The van der Waals surface area contributed by atoms with Crippen LogP contribution in [0.5, 0.6) is 11.5 Å². The fourth-order valence-corrected chi connectivity index (χ4v) is 3.57. The zero-order chi connectivity index (χ0) is 20.5. The van der Waals surface area contributed by atoms with Gasteiger partial charge >= 0.3 is 0 Å². The molecule has 1 aliphatic heterocycles. The molecule has 1 heterocycles. The summed E-state index contributed by atoms with van der Waals surface area (Å²) in [6.07, 6.45) is 0.860. The molecule has 0 spiro atoms. The van der Waals surface area contributed by atoms with Crippen molar-refractivity contribution in [1.29, 1.82) is 0 Å². The van der Waals surface area contributed by atoms with Gasteiger partial charge in [-0.05, 0) is 43.2 Å². The summed E-state index contributed by atoms with van der Waals surface area (Å²) in [6, 6.07) is 16.7. The maximum absolute atomic E-state index is 5.40. The summed E-state index contributed by atoms with van der Waals surface area (Å²) in [5, 5.41) is 3.45. The molecule has 0 radical (unpaired) electrons. The quantitative estimate of drug-likeness (QED) is 0.341. The van der Waals surface area contributed by atoms with E-state index < -0.39 is 0 Å². The second kappa shape index (κ2) is 12.5. The Morgan fingerprint density at radius 1 is 0.967 bits per heavy atom. The van der Waals surface area contributed by atoms with Crippen LogP contribution in [0.3, 0.4) is 0 Å². The largest absolute Gasteiger partial charge is 0.493 e. The molecular weight excluding hydrogens is 491 g/mol. The van der Waals surface area contributed by atoms with Crippen LogP contribution in [0.2, 0.25) is 0 Å². The molecular formula is C23H33IN4O2. The van der Waals surface area contributed by atoms with Crippen molar-refractivity contribution in [3.05, 3.63) is 54.1 Å². The normalized spacial score (nSPS) is 14.2. The number of ether oxygens (including phenoxy) is 2. The standard InChI is InChI=1S/C23H32N4O2.HI/c1-4-24-23(25-13-12-19-10-11-21(28-2)22(18-19)29-3)27-16-14-26(15-17-27)20-8-6-5-7-9-20;/h5-11,18H,4,12-17H2,1-3H3,(H,24,25);1H. The summed E-state index contributed by atoms with van der Waals surface area (Å²) in [5.74, 6) is 2.52. The van der Waals surface area contributed by atoms with Gasteiger partial charge in [-0.15, -0.1) is 24.0 Å². The van der Waals surface area contributed by atoms with Crippen LogP contribution in [0.1, 0.15) is 12.5 Å². The zero-order valence-corrected chi connectivity index (χ0v) is 20.5. The van der Waals surface area contributed by atoms with E-state index in [9.17, 15) is 0 Å². The third-order valence-electron chi connectivity index (χ3n) is 5.15. The van der Waals surface area contributed by atoms with E-state index in [0.717, 1.165) is 63.1 Å². The van der Waals surface area contributed by atoms with Gasteiger partial charge in [0.15, 0.2) is 17.5 Å². The summed E-state index contributed by atoms with van der Waals surface area (Å²) in [5.41, 5.74) is 2.48. The fraction of sp³-hybridized carbons (Fsp3) is 0.435. The van der Waals surface area contributed by atoms with E-state index in [4.69, 9.17) is 14.5 Å². The van der Waals surface area contributed by atoms with Gasteiger partial charge < -0.3 is 24.6 Å². The minimum Gasteiger partial charge on any atom is -0.493 e. The first-order valence-electron chi connectivity index (χ1n) is 10.3. The molecule has 0 bridgehead atoms. The molecule has 2 aromatic carbocycles. The molecule has 1 aliphatic rings. The number of benzene rings is 2. The number of anilines is 1. The molecule has 30 heavy (non-hydrogen) atoms. The number of rotatable bonds is 7. The van der Waals surface area contributed by atoms with Gasteiger partial charge in [-0.3, -0.25) is 4.99 Å². The van der Waals surface area contributed by atoms with Crippen LogP contribution in [0, 0.1) is 0 Å². The van der Waals surface area contributed by atoms with Gasteiger partial charge in [-0.25, -0.2) is 0 Å². The Morgan fingerprint density at radius 2 is 1.67 bits per heavy atom. The Hall–Kier alpha value is -2.16. The third-order valence-corrected chi connectivity index (χ3v) is 5.15. The Morgan fingerprint density at radius 3 is 2.30 bits per heavy atom. The maximum atomic E-state index is 5.40. The number of nitrogens with one attached hydrogen (secondary N) is 1. The van der Waals surface area contributed by atoms with Crippen LogP contribution in [0.25, 0.3) is 0 Å². The van der Waals surface area contributed by atoms with E-state index in [1.54, 1.807) is 14.2 Å². The van der Waals surface area contributed by atoms with Crippen LogP contribution in [0.15, 0.2) is 53.5 Å². The number of halogens is 1. The highest BCUT2D eigenvalue weighted by Crippen LogP contribution is 2.27. The second-order valence-corrected chi connectivity index (χ2v) is 6.98. The molecule has 6 nitrogen and oxygen atoms in total. The van der Waals surface area contributed by atoms with Gasteiger partial charge in [0, 0.05) is 45.0 Å². The summed E-state index contributed by atoms with van der Waals surface area (Å²) in [4.78, 5) is 9.66. The highest BCUT2D eigenvalue weighted by atomic mass is 127. The molecule has 2 aromatic rings. The van der Waals surface area contributed by atoms with E-state index in [2.05, 4.69) is 58.4 Å². The smallest absolute Gasteiger partial charge is 0.194 e. The molecule has 1 N–H and O–H groups in total. The van der Waals surface area contributed by atoms with Crippen molar-refractivity contribution in [3.63, 3.8) is 0 Å². The second-order valence-electron chi connectivity index (χ2n) is 6.98. The van der Waals surface area contributed by atoms with Gasteiger partial charge in [-0.2, -0.15) is 0 Å². The van der Waals surface area contributed by atoms with E-state index in [1.165, 1.54) is 11.3 Å². The van der Waals surface area contributed by atoms with Gasteiger partial charge in [0.2, 0.25) is 0 Å². The first kappa shape index (κ1) is 24.1. The molecule has 0 aliphatic carbocycles.